The first-order valence-corrected chi connectivity index (χ1v) is 13.6. The molecule has 0 spiro atoms. The van der Waals surface area contributed by atoms with Crippen LogP contribution in [-0.4, -0.2) is 62.1 Å². The molecule has 1 fully saturated rings. The number of morpholine rings is 1. The Kier molecular flexibility index (Phi) is 8.77. The quantitative estimate of drug-likeness (QED) is 0.454. The molecule has 1 N–H and O–H groups in total. The number of anilines is 1. The van der Waals surface area contributed by atoms with Gasteiger partial charge in [-0.3, -0.25) is 9.59 Å². The highest BCUT2D eigenvalue weighted by molar-refractivity contribution is 5.90. The van der Waals surface area contributed by atoms with E-state index in [1.807, 2.05) is 27.7 Å². The summed E-state index contributed by atoms with van der Waals surface area (Å²) < 4.78 is 58.9. The average molecular weight is 564 g/mol. The summed E-state index contributed by atoms with van der Waals surface area (Å²) in [6.07, 6.45) is -4.67. The number of fused-ring (bicyclic) bond motifs is 1. The predicted molar refractivity (Wildman–Crippen MR) is 145 cm³/mol. The van der Waals surface area contributed by atoms with Crippen molar-refractivity contribution in [2.75, 3.05) is 44.3 Å². The molecule has 4 rings (SSSR count). The molecule has 1 saturated heterocycles. The Morgan fingerprint density at radius 1 is 1.05 bits per heavy atom. The highest BCUT2D eigenvalue weighted by atomic mass is 19.4. The molecule has 218 valence electrons. The Labute approximate surface area is 232 Å². The van der Waals surface area contributed by atoms with E-state index in [-0.39, 0.29) is 35.5 Å². The highest BCUT2D eigenvalue weighted by Gasteiger charge is 2.38. The largest absolute Gasteiger partial charge is 0.416 e. The number of alkyl halides is 3. The molecule has 0 radical (unpaired) electrons. The van der Waals surface area contributed by atoms with Crippen LogP contribution in [0.3, 0.4) is 0 Å². The summed E-state index contributed by atoms with van der Waals surface area (Å²) in [6.45, 7) is 10.8. The van der Waals surface area contributed by atoms with Gasteiger partial charge in [-0.25, -0.2) is 4.39 Å². The summed E-state index contributed by atoms with van der Waals surface area (Å²) in [7, 11) is 0. The molecule has 10 heteroatoms. The summed E-state index contributed by atoms with van der Waals surface area (Å²) in [4.78, 5) is 30.6. The molecule has 2 atom stereocenters. The normalized spacial score (nSPS) is 18.4. The van der Waals surface area contributed by atoms with Crippen LogP contribution in [0.2, 0.25) is 0 Å². The topological polar surface area (TPSA) is 61.9 Å². The van der Waals surface area contributed by atoms with Crippen LogP contribution in [0.25, 0.3) is 0 Å². The molecule has 2 aliphatic heterocycles. The van der Waals surface area contributed by atoms with Gasteiger partial charge in [-0.05, 0) is 47.4 Å². The average Bonchev–Trinajstić information content (AvgIpc) is 3.15. The lowest BCUT2D eigenvalue weighted by Gasteiger charge is -2.32. The molecular formula is C30H37F4N3O3. The number of nitrogens with one attached hydrogen (secondary N) is 1. The number of hydrogen-bond donors (Lipinski definition) is 1. The Balaban J connectivity index is 1.56. The van der Waals surface area contributed by atoms with Gasteiger partial charge in [-0.15, -0.1) is 0 Å². The SMILES string of the molecule is CC(C)[C@@H](CN1CC(C)(C)c2cc(F)ccc21)NC(=O)[C@@H](CC(=O)N1CCOCC1)c1ccc(C(F)(F)F)cc1. The molecule has 2 aromatic carbocycles. The molecule has 0 saturated carbocycles. The van der Waals surface area contributed by atoms with Crippen LogP contribution >= 0.6 is 0 Å². The fraction of sp³-hybridized carbons (Fsp3) is 0.533. The van der Waals surface area contributed by atoms with Crippen molar-refractivity contribution in [3.8, 4) is 0 Å². The van der Waals surface area contributed by atoms with E-state index in [9.17, 15) is 27.2 Å². The van der Waals surface area contributed by atoms with E-state index in [4.69, 9.17) is 4.74 Å². The Morgan fingerprint density at radius 2 is 1.70 bits per heavy atom. The van der Waals surface area contributed by atoms with Gasteiger partial charge in [0.25, 0.3) is 0 Å². The van der Waals surface area contributed by atoms with Crippen LogP contribution in [0.5, 0.6) is 0 Å². The first-order chi connectivity index (χ1) is 18.8. The monoisotopic (exact) mass is 563 g/mol. The van der Waals surface area contributed by atoms with Crippen molar-refractivity contribution in [2.45, 2.75) is 57.7 Å². The van der Waals surface area contributed by atoms with Crippen molar-refractivity contribution in [3.63, 3.8) is 0 Å². The minimum absolute atomic E-state index is 0.0137. The second kappa shape index (κ2) is 11.8. The summed E-state index contributed by atoms with van der Waals surface area (Å²) >= 11 is 0. The number of carbonyl (C=O) groups is 2. The zero-order chi connectivity index (χ0) is 29.2. The van der Waals surface area contributed by atoms with Crippen LogP contribution in [0.4, 0.5) is 23.2 Å². The van der Waals surface area contributed by atoms with Gasteiger partial charge in [0.15, 0.2) is 0 Å². The van der Waals surface area contributed by atoms with Crippen molar-refractivity contribution in [1.82, 2.24) is 10.2 Å². The fourth-order valence-corrected chi connectivity index (χ4v) is 5.46. The van der Waals surface area contributed by atoms with Gasteiger partial charge in [0.1, 0.15) is 5.82 Å². The van der Waals surface area contributed by atoms with Crippen molar-refractivity contribution in [1.29, 1.82) is 0 Å². The molecule has 0 bridgehead atoms. The van der Waals surface area contributed by atoms with Crippen LogP contribution in [-0.2, 0) is 25.9 Å². The summed E-state index contributed by atoms with van der Waals surface area (Å²) in [5, 5.41) is 3.09. The van der Waals surface area contributed by atoms with E-state index in [0.29, 0.717) is 45.0 Å². The van der Waals surface area contributed by atoms with E-state index in [1.165, 1.54) is 18.2 Å². The molecule has 0 unspecified atom stereocenters. The lowest BCUT2D eigenvalue weighted by Crippen LogP contribution is -2.49. The minimum atomic E-state index is -4.51. The molecule has 6 nitrogen and oxygen atoms in total. The maximum absolute atomic E-state index is 14.0. The lowest BCUT2D eigenvalue weighted by atomic mass is 9.87. The fourth-order valence-electron chi connectivity index (χ4n) is 5.46. The molecule has 2 heterocycles. The molecule has 2 amide bonds. The first-order valence-electron chi connectivity index (χ1n) is 13.6. The Bertz CT molecular complexity index is 1210. The van der Waals surface area contributed by atoms with Gasteiger partial charge < -0.3 is 19.9 Å². The third-order valence-electron chi connectivity index (χ3n) is 7.86. The predicted octanol–water partition coefficient (Wildman–Crippen LogP) is 5.12. The summed E-state index contributed by atoms with van der Waals surface area (Å²) in [5.74, 6) is -1.92. The van der Waals surface area contributed by atoms with Gasteiger partial charge >= 0.3 is 6.18 Å². The molecular weight excluding hydrogens is 526 g/mol. The second-order valence-corrected chi connectivity index (χ2v) is 11.7. The zero-order valence-electron chi connectivity index (χ0n) is 23.4. The number of rotatable bonds is 8. The third kappa shape index (κ3) is 6.77. The number of nitrogens with zero attached hydrogens (tertiary/aromatic N) is 2. The van der Waals surface area contributed by atoms with Crippen LogP contribution in [0, 0.1) is 11.7 Å². The number of carbonyl (C=O) groups excluding carboxylic acids is 2. The number of ether oxygens (including phenoxy) is 1. The summed E-state index contributed by atoms with van der Waals surface area (Å²) in [6, 6.07) is 8.84. The molecule has 40 heavy (non-hydrogen) atoms. The summed E-state index contributed by atoms with van der Waals surface area (Å²) in [5.41, 5.74) is 1.06. The standard InChI is InChI=1S/C30H37F4N3O3/c1-19(2)25(17-37-18-29(3,4)24-15-22(31)9-10-26(24)37)35-28(39)23(16-27(38)36-11-13-40-14-12-36)20-5-7-21(8-6-20)30(32,33)34/h5-10,15,19,23,25H,11-14,16-18H2,1-4H3,(H,35,39)/t23-,25+/m0/s1. The number of hydrogen-bond acceptors (Lipinski definition) is 4. The van der Waals surface area contributed by atoms with Gasteiger partial charge in [0.2, 0.25) is 11.8 Å². The highest BCUT2D eigenvalue weighted by Crippen LogP contribution is 2.41. The maximum Gasteiger partial charge on any atom is 0.416 e. The van der Waals surface area contributed by atoms with E-state index < -0.39 is 23.6 Å². The Hall–Kier alpha value is -3.14. The van der Waals surface area contributed by atoms with Crippen molar-refractivity contribution >= 4 is 17.5 Å². The lowest BCUT2D eigenvalue weighted by molar-refractivity contribution is -0.138. The van der Waals surface area contributed by atoms with Crippen LogP contribution < -0.4 is 10.2 Å². The first kappa shape index (κ1) is 29.8. The van der Waals surface area contributed by atoms with Crippen molar-refractivity contribution in [3.05, 3.63) is 65.0 Å². The van der Waals surface area contributed by atoms with Gasteiger partial charge in [-0.1, -0.05) is 39.8 Å². The molecule has 0 aromatic heterocycles. The van der Waals surface area contributed by atoms with Crippen molar-refractivity contribution < 1.29 is 31.9 Å². The van der Waals surface area contributed by atoms with E-state index >= 15 is 0 Å². The van der Waals surface area contributed by atoms with E-state index in [0.717, 1.165) is 23.4 Å². The van der Waals surface area contributed by atoms with Crippen LogP contribution in [0.15, 0.2) is 42.5 Å². The third-order valence-corrected chi connectivity index (χ3v) is 7.86. The van der Waals surface area contributed by atoms with Crippen molar-refractivity contribution in [2.24, 2.45) is 5.92 Å². The van der Waals surface area contributed by atoms with E-state index in [2.05, 4.69) is 10.2 Å². The van der Waals surface area contributed by atoms with E-state index in [1.54, 1.807) is 17.0 Å². The van der Waals surface area contributed by atoms with Gasteiger partial charge in [-0.2, -0.15) is 13.2 Å². The number of halogens is 4. The van der Waals surface area contributed by atoms with Gasteiger partial charge in [0.05, 0.1) is 24.7 Å². The maximum atomic E-state index is 14.0. The molecule has 2 aromatic rings. The van der Waals surface area contributed by atoms with Crippen LogP contribution in [0.1, 0.15) is 56.7 Å². The molecule has 2 aliphatic rings. The smallest absolute Gasteiger partial charge is 0.378 e. The number of benzene rings is 2. The van der Waals surface area contributed by atoms with Gasteiger partial charge in [0, 0.05) is 49.7 Å². The number of amides is 2. The Morgan fingerprint density at radius 3 is 2.30 bits per heavy atom. The molecule has 0 aliphatic carbocycles. The zero-order valence-corrected chi connectivity index (χ0v) is 23.4. The minimum Gasteiger partial charge on any atom is -0.378 e. The second-order valence-electron chi connectivity index (χ2n) is 11.7.